The summed E-state index contributed by atoms with van der Waals surface area (Å²) < 4.78 is 31.0. The standard InChI is InChI=1S/C17H28O8S4.C11H20O4S2/c18-13(1-5-26)22-9-17(10-23-14(19)2-6-27,11-24-15(20)3-7-28)12-25-16(21)4-8-29;1-11(2,7-14-9(12)3-5-16)8-15-10(13)4-6-17/h26-29H,1-12H2;16-17H,3-8H2,1-2H3. The lowest BCUT2D eigenvalue weighted by Gasteiger charge is -2.31. The molecule has 0 unspecified atom stereocenters. The van der Waals surface area contributed by atoms with E-state index < -0.39 is 29.3 Å². The van der Waals surface area contributed by atoms with Gasteiger partial charge in [-0.15, -0.1) is 0 Å². The molecule has 0 fully saturated rings. The number of carbonyl (C=O) groups excluding carboxylic acids is 6. The van der Waals surface area contributed by atoms with Crippen LogP contribution in [0.5, 0.6) is 0 Å². The molecular formula is C28H48O12S6. The van der Waals surface area contributed by atoms with Crippen LogP contribution in [-0.4, -0.2) is 110 Å². The summed E-state index contributed by atoms with van der Waals surface area (Å²) >= 11 is 23.8. The maximum atomic E-state index is 11.8. The zero-order valence-corrected chi connectivity index (χ0v) is 31.7. The summed E-state index contributed by atoms with van der Waals surface area (Å²) in [7, 11) is 0. The van der Waals surface area contributed by atoms with Crippen LogP contribution in [0.25, 0.3) is 0 Å². The molecule has 0 amide bonds. The molecular weight excluding hydrogens is 721 g/mol. The molecule has 0 atom stereocenters. The molecule has 0 bridgehead atoms. The molecule has 0 radical (unpaired) electrons. The molecule has 268 valence electrons. The Morgan fingerprint density at radius 2 is 0.543 bits per heavy atom. The normalized spacial score (nSPS) is 11.0. The first-order chi connectivity index (χ1) is 21.7. The summed E-state index contributed by atoms with van der Waals surface area (Å²) in [6.45, 7) is 3.07. The second-order valence-corrected chi connectivity index (χ2v) is 13.2. The first kappa shape index (κ1) is 47.0. The molecule has 0 N–H and O–H groups in total. The fourth-order valence-corrected chi connectivity index (χ4v) is 3.85. The molecule has 0 aliphatic heterocycles. The summed E-state index contributed by atoms with van der Waals surface area (Å²) in [5.41, 5.74) is -1.63. The number of ether oxygens (including phenoxy) is 6. The monoisotopic (exact) mass is 768 g/mol. The molecule has 0 saturated carbocycles. The van der Waals surface area contributed by atoms with Gasteiger partial charge in [-0.25, -0.2) is 0 Å². The molecule has 18 heteroatoms. The average Bonchev–Trinajstić information content (AvgIpc) is 3.00. The summed E-state index contributed by atoms with van der Waals surface area (Å²) in [5, 5.41) is 0. The Morgan fingerprint density at radius 1 is 0.370 bits per heavy atom. The molecule has 0 aromatic heterocycles. The Hall–Kier alpha value is -1.08. The Balaban J connectivity index is 0. The molecule has 0 saturated heterocycles. The van der Waals surface area contributed by atoms with Gasteiger partial charge < -0.3 is 28.4 Å². The number of hydrogen-bond donors (Lipinski definition) is 6. The molecule has 0 spiro atoms. The van der Waals surface area contributed by atoms with Gasteiger partial charge in [-0.2, -0.15) is 75.8 Å². The minimum atomic E-state index is -1.25. The highest BCUT2D eigenvalue weighted by molar-refractivity contribution is 7.81. The molecule has 0 aromatic rings. The minimum Gasteiger partial charge on any atom is -0.465 e. The molecule has 46 heavy (non-hydrogen) atoms. The van der Waals surface area contributed by atoms with Gasteiger partial charge in [-0.3, -0.25) is 28.8 Å². The van der Waals surface area contributed by atoms with Gasteiger partial charge in [0.25, 0.3) is 0 Å². The molecule has 0 aliphatic rings. The lowest BCUT2D eigenvalue weighted by Crippen LogP contribution is -2.44. The topological polar surface area (TPSA) is 158 Å². The Labute approximate surface area is 304 Å². The number of thiol groups is 6. The average molecular weight is 769 g/mol. The molecule has 12 nitrogen and oxygen atoms in total. The van der Waals surface area contributed by atoms with E-state index in [1.165, 1.54) is 0 Å². The van der Waals surface area contributed by atoms with Gasteiger partial charge in [-0.1, -0.05) is 13.8 Å². The number of hydrogen-bond acceptors (Lipinski definition) is 18. The van der Waals surface area contributed by atoms with E-state index >= 15 is 0 Å². The first-order valence-electron chi connectivity index (χ1n) is 14.3. The highest BCUT2D eigenvalue weighted by Gasteiger charge is 2.38. The third kappa shape index (κ3) is 26.9. The van der Waals surface area contributed by atoms with Crippen molar-refractivity contribution in [1.82, 2.24) is 0 Å². The van der Waals surface area contributed by atoms with Gasteiger partial charge in [0.05, 0.1) is 51.7 Å². The van der Waals surface area contributed by atoms with Crippen LogP contribution in [0.3, 0.4) is 0 Å². The second-order valence-electron chi connectivity index (χ2n) is 10.5. The van der Waals surface area contributed by atoms with Gasteiger partial charge >= 0.3 is 35.8 Å². The summed E-state index contributed by atoms with van der Waals surface area (Å²) in [5.74, 6) is -0.607. The largest absolute Gasteiger partial charge is 0.465 e. The van der Waals surface area contributed by atoms with E-state index in [0.717, 1.165) is 0 Å². The predicted molar refractivity (Wildman–Crippen MR) is 193 cm³/mol. The van der Waals surface area contributed by atoms with Gasteiger partial charge in [-0.05, 0) is 0 Å². The number of rotatable bonds is 24. The fourth-order valence-electron chi connectivity index (χ4n) is 2.76. The van der Waals surface area contributed by atoms with Crippen molar-refractivity contribution in [2.45, 2.75) is 52.4 Å². The van der Waals surface area contributed by atoms with E-state index in [4.69, 9.17) is 28.4 Å². The van der Waals surface area contributed by atoms with Crippen molar-refractivity contribution < 1.29 is 57.2 Å². The Bertz CT molecular complexity index is 802. The smallest absolute Gasteiger partial charge is 0.306 e. The maximum absolute atomic E-state index is 11.8. The van der Waals surface area contributed by atoms with E-state index in [2.05, 4.69) is 75.8 Å². The van der Waals surface area contributed by atoms with Crippen LogP contribution in [0, 0.1) is 10.8 Å². The summed E-state index contributed by atoms with van der Waals surface area (Å²) in [4.78, 5) is 69.4. The maximum Gasteiger partial charge on any atom is 0.306 e. The van der Waals surface area contributed by atoms with Crippen LogP contribution in [0.2, 0.25) is 0 Å². The van der Waals surface area contributed by atoms with Gasteiger partial charge in [0.15, 0.2) is 0 Å². The van der Waals surface area contributed by atoms with Crippen molar-refractivity contribution in [3.8, 4) is 0 Å². The number of carbonyl (C=O) groups is 6. The van der Waals surface area contributed by atoms with Crippen molar-refractivity contribution in [3.05, 3.63) is 0 Å². The quantitative estimate of drug-likeness (QED) is 0.0485. The van der Waals surface area contributed by atoms with E-state index in [0.29, 0.717) is 24.3 Å². The van der Waals surface area contributed by atoms with Crippen LogP contribution in [0.15, 0.2) is 0 Å². The predicted octanol–water partition coefficient (Wildman–Crippen LogP) is 3.16. The number of esters is 6. The SMILES string of the molecule is CC(C)(COC(=O)CCS)COC(=O)CCS.O=C(CCS)OCC(COC(=O)CCS)(COC(=O)CCS)COC(=O)CCS. The molecule has 0 aliphatic carbocycles. The zero-order valence-electron chi connectivity index (χ0n) is 26.3. The van der Waals surface area contributed by atoms with Crippen LogP contribution < -0.4 is 0 Å². The van der Waals surface area contributed by atoms with Crippen molar-refractivity contribution >= 4 is 112 Å². The summed E-state index contributed by atoms with van der Waals surface area (Å²) in [6.07, 6.45) is 0.849. The highest BCUT2D eigenvalue weighted by atomic mass is 32.1. The third-order valence-corrected chi connectivity index (χ3v) is 6.64. The van der Waals surface area contributed by atoms with Crippen molar-refractivity contribution in [1.29, 1.82) is 0 Å². The van der Waals surface area contributed by atoms with E-state index in [-0.39, 0.29) is 106 Å². The van der Waals surface area contributed by atoms with Gasteiger partial charge in [0.2, 0.25) is 0 Å². The van der Waals surface area contributed by atoms with E-state index in [9.17, 15) is 28.8 Å². The fraction of sp³-hybridized carbons (Fsp3) is 0.786. The Kier molecular flexibility index (Phi) is 29.5. The minimum absolute atomic E-state index is 0.0670. The Morgan fingerprint density at radius 3 is 0.717 bits per heavy atom. The lowest BCUT2D eigenvalue weighted by molar-refractivity contribution is -0.170. The zero-order chi connectivity index (χ0) is 35.4. The van der Waals surface area contributed by atoms with Crippen LogP contribution in [-0.2, 0) is 57.2 Å². The molecule has 0 rings (SSSR count). The van der Waals surface area contributed by atoms with E-state index in [1.807, 2.05) is 13.8 Å². The lowest BCUT2D eigenvalue weighted by atomic mass is 9.92. The third-order valence-electron chi connectivity index (χ3n) is 5.30. The van der Waals surface area contributed by atoms with Crippen LogP contribution >= 0.6 is 75.8 Å². The van der Waals surface area contributed by atoms with Crippen molar-refractivity contribution in [2.75, 3.05) is 74.2 Å². The first-order valence-corrected chi connectivity index (χ1v) is 18.1. The second kappa shape index (κ2) is 28.9. The van der Waals surface area contributed by atoms with Gasteiger partial charge in [0.1, 0.15) is 31.8 Å². The van der Waals surface area contributed by atoms with Crippen molar-refractivity contribution in [2.24, 2.45) is 10.8 Å². The van der Waals surface area contributed by atoms with Crippen LogP contribution in [0.4, 0.5) is 0 Å². The summed E-state index contributed by atoms with van der Waals surface area (Å²) in [6, 6.07) is 0. The van der Waals surface area contributed by atoms with Crippen molar-refractivity contribution in [3.63, 3.8) is 0 Å². The highest BCUT2D eigenvalue weighted by Crippen LogP contribution is 2.22. The van der Waals surface area contributed by atoms with E-state index in [1.54, 1.807) is 0 Å². The molecule has 0 heterocycles. The van der Waals surface area contributed by atoms with Gasteiger partial charge in [0, 0.05) is 39.9 Å². The van der Waals surface area contributed by atoms with Crippen LogP contribution in [0.1, 0.15) is 52.4 Å². The molecule has 0 aromatic carbocycles.